The molecule has 0 radical (unpaired) electrons. The van der Waals surface area contributed by atoms with Crippen molar-refractivity contribution in [3.63, 3.8) is 0 Å². The van der Waals surface area contributed by atoms with Gasteiger partial charge in [-0.1, -0.05) is 6.08 Å². The summed E-state index contributed by atoms with van der Waals surface area (Å²) in [7, 11) is -4.87. The minimum absolute atomic E-state index is 0.0362. The lowest BCUT2D eigenvalue weighted by atomic mass is 9.99. The molecule has 0 aromatic rings. The van der Waals surface area contributed by atoms with Gasteiger partial charge in [0.05, 0.1) is 19.2 Å². The van der Waals surface area contributed by atoms with Crippen LogP contribution in [0.5, 0.6) is 0 Å². The van der Waals surface area contributed by atoms with Crippen LogP contribution in [-0.4, -0.2) is 65.2 Å². The maximum Gasteiger partial charge on any atom is 0.418 e. The predicted octanol–water partition coefficient (Wildman–Crippen LogP) is -2.39. The number of rotatable bonds is 4. The Bertz CT molecular complexity index is 557. The number of fused-ring (bicyclic) bond motifs is 2. The fourth-order valence-corrected chi connectivity index (χ4v) is 2.54. The number of nitrogens with two attached hydrogens (primary N) is 1. The quantitative estimate of drug-likeness (QED) is 0.386. The molecule has 2 aliphatic heterocycles. The number of primary amides is 1. The van der Waals surface area contributed by atoms with Gasteiger partial charge in [0.15, 0.2) is 0 Å². The van der Waals surface area contributed by atoms with Crippen molar-refractivity contribution in [3.05, 3.63) is 11.6 Å². The summed E-state index contributed by atoms with van der Waals surface area (Å²) in [5, 5.41) is 9.55. The minimum atomic E-state index is -4.87. The number of hydrogen-bond acceptors (Lipinski definition) is 6. The smallest absolute Gasteiger partial charge is 0.392 e. The highest BCUT2D eigenvalue weighted by Crippen LogP contribution is 2.29. The van der Waals surface area contributed by atoms with Crippen LogP contribution < -0.4 is 5.73 Å². The third-order valence-electron chi connectivity index (χ3n) is 2.82. The molecule has 1 saturated heterocycles. The first-order valence-electron chi connectivity index (χ1n) is 5.12. The fourth-order valence-electron chi connectivity index (χ4n) is 2.16. The van der Waals surface area contributed by atoms with E-state index in [2.05, 4.69) is 4.28 Å². The van der Waals surface area contributed by atoms with Gasteiger partial charge >= 0.3 is 16.4 Å². The first-order chi connectivity index (χ1) is 8.74. The summed E-state index contributed by atoms with van der Waals surface area (Å²) in [6.07, 6.45) is 1.31. The third kappa shape index (κ3) is 2.40. The van der Waals surface area contributed by atoms with Gasteiger partial charge in [-0.25, -0.2) is 4.79 Å². The van der Waals surface area contributed by atoms with E-state index in [0.29, 0.717) is 5.06 Å². The van der Waals surface area contributed by atoms with E-state index < -0.39 is 41.0 Å². The second kappa shape index (κ2) is 4.45. The normalized spacial score (nSPS) is 26.6. The van der Waals surface area contributed by atoms with Crippen LogP contribution in [0.2, 0.25) is 0 Å². The number of hydrogen-bond donors (Lipinski definition) is 3. The molecular formula is C8H11N3O7S. The number of aliphatic hydroxyl groups is 1. The molecule has 0 aromatic carbocycles. The SMILES string of the molecule is NC(=O)[C@@H]1C(CO)=C[C@@H]2CN1C(=O)N2OS(=O)(=O)O. The Kier molecular flexibility index (Phi) is 3.22. The molecule has 2 bridgehead atoms. The lowest BCUT2D eigenvalue weighted by Gasteiger charge is -2.28. The van der Waals surface area contributed by atoms with Gasteiger partial charge in [0.1, 0.15) is 6.04 Å². The Hall–Kier alpha value is -1.69. The summed E-state index contributed by atoms with van der Waals surface area (Å²) in [6.45, 7) is -0.556. The number of carbonyl (C=O) groups excluding carboxylic acids is 2. The van der Waals surface area contributed by atoms with Crippen molar-refractivity contribution in [3.8, 4) is 0 Å². The first kappa shape index (κ1) is 13.7. The van der Waals surface area contributed by atoms with Gasteiger partial charge in [-0.05, 0) is 5.57 Å². The van der Waals surface area contributed by atoms with E-state index in [1.807, 2.05) is 0 Å². The van der Waals surface area contributed by atoms with E-state index in [1.165, 1.54) is 6.08 Å². The summed E-state index contributed by atoms with van der Waals surface area (Å²) in [5.41, 5.74) is 5.31. The zero-order chi connectivity index (χ0) is 14.4. The number of amides is 3. The summed E-state index contributed by atoms with van der Waals surface area (Å²) in [4.78, 5) is 24.1. The predicted molar refractivity (Wildman–Crippen MR) is 58.5 cm³/mol. The summed E-state index contributed by atoms with van der Waals surface area (Å²) in [5.74, 6) is -0.860. The Morgan fingerprint density at radius 1 is 1.58 bits per heavy atom. The second-order valence-electron chi connectivity index (χ2n) is 4.03. The Morgan fingerprint density at radius 3 is 2.68 bits per heavy atom. The molecule has 0 unspecified atom stereocenters. The molecule has 0 saturated carbocycles. The van der Waals surface area contributed by atoms with Gasteiger partial charge in [-0.2, -0.15) is 13.5 Å². The largest absolute Gasteiger partial charge is 0.418 e. The molecule has 11 heteroatoms. The summed E-state index contributed by atoms with van der Waals surface area (Å²) < 4.78 is 34.0. The molecule has 2 heterocycles. The van der Waals surface area contributed by atoms with Crippen LogP contribution in [0.25, 0.3) is 0 Å². The standard InChI is InChI=1S/C8H11N3O7S/c9-7(13)6-4(3-12)1-5-2-10(6)8(14)11(5)18-19(15,16)17/h1,5-6,12H,2-3H2,(H2,9,13)(H,15,16,17)/t5-,6+/m1/s1. The lowest BCUT2D eigenvalue weighted by Crippen LogP contribution is -2.49. The molecule has 2 aliphatic rings. The molecule has 10 nitrogen and oxygen atoms in total. The van der Waals surface area contributed by atoms with Crippen LogP contribution in [0.3, 0.4) is 0 Å². The van der Waals surface area contributed by atoms with Crippen molar-refractivity contribution < 1.29 is 31.9 Å². The molecule has 0 aliphatic carbocycles. The van der Waals surface area contributed by atoms with Crippen LogP contribution in [-0.2, 0) is 19.5 Å². The van der Waals surface area contributed by atoms with E-state index >= 15 is 0 Å². The van der Waals surface area contributed by atoms with E-state index in [1.54, 1.807) is 0 Å². The van der Waals surface area contributed by atoms with E-state index in [4.69, 9.17) is 15.4 Å². The molecule has 4 N–H and O–H groups in total. The van der Waals surface area contributed by atoms with Crippen molar-refractivity contribution in [2.24, 2.45) is 5.73 Å². The van der Waals surface area contributed by atoms with Crippen LogP contribution in [0.15, 0.2) is 11.6 Å². The van der Waals surface area contributed by atoms with Crippen LogP contribution in [0.1, 0.15) is 0 Å². The molecule has 0 aromatic heterocycles. The average Bonchev–Trinajstić information content (AvgIpc) is 2.52. The van der Waals surface area contributed by atoms with Crippen LogP contribution in [0, 0.1) is 0 Å². The maximum absolute atomic E-state index is 11.9. The van der Waals surface area contributed by atoms with Crippen LogP contribution >= 0.6 is 0 Å². The number of nitrogens with zero attached hydrogens (tertiary/aromatic N) is 2. The Morgan fingerprint density at radius 2 is 2.21 bits per heavy atom. The van der Waals surface area contributed by atoms with Gasteiger partial charge in [-0.3, -0.25) is 9.35 Å². The highest BCUT2D eigenvalue weighted by atomic mass is 32.3. The average molecular weight is 293 g/mol. The zero-order valence-corrected chi connectivity index (χ0v) is 10.3. The van der Waals surface area contributed by atoms with Crippen molar-refractivity contribution >= 4 is 22.3 Å². The van der Waals surface area contributed by atoms with Gasteiger partial charge in [0.2, 0.25) is 5.91 Å². The molecule has 2 rings (SSSR count). The molecule has 2 atom stereocenters. The highest BCUT2D eigenvalue weighted by Gasteiger charge is 2.49. The fraction of sp³-hybridized carbons (Fsp3) is 0.500. The summed E-state index contributed by atoms with van der Waals surface area (Å²) in [6, 6.07) is -2.94. The maximum atomic E-state index is 11.9. The van der Waals surface area contributed by atoms with E-state index in [9.17, 15) is 18.0 Å². The van der Waals surface area contributed by atoms with Gasteiger partial charge in [0, 0.05) is 0 Å². The number of urea groups is 1. The molecule has 106 valence electrons. The van der Waals surface area contributed by atoms with E-state index in [-0.39, 0.29) is 12.1 Å². The van der Waals surface area contributed by atoms with Crippen molar-refractivity contribution in [1.29, 1.82) is 0 Å². The monoisotopic (exact) mass is 293 g/mol. The van der Waals surface area contributed by atoms with Crippen molar-refractivity contribution in [2.75, 3.05) is 13.2 Å². The topological polar surface area (TPSA) is 150 Å². The van der Waals surface area contributed by atoms with Gasteiger partial charge in [-0.15, -0.1) is 4.28 Å². The minimum Gasteiger partial charge on any atom is -0.392 e. The molecule has 3 amide bonds. The van der Waals surface area contributed by atoms with Gasteiger partial charge < -0.3 is 15.7 Å². The Balaban J connectivity index is 2.36. The molecule has 19 heavy (non-hydrogen) atoms. The lowest BCUT2D eigenvalue weighted by molar-refractivity contribution is -0.121. The first-order valence-corrected chi connectivity index (χ1v) is 6.48. The van der Waals surface area contributed by atoms with Crippen molar-refractivity contribution in [2.45, 2.75) is 12.1 Å². The van der Waals surface area contributed by atoms with Crippen molar-refractivity contribution in [1.82, 2.24) is 9.96 Å². The molecule has 1 fully saturated rings. The second-order valence-corrected chi connectivity index (χ2v) is 5.04. The molecule has 0 spiro atoms. The number of hydroxylamine groups is 2. The number of carbonyl (C=O) groups is 2. The third-order valence-corrected chi connectivity index (χ3v) is 3.16. The zero-order valence-electron chi connectivity index (χ0n) is 9.46. The molecular weight excluding hydrogens is 282 g/mol. The summed E-state index contributed by atoms with van der Waals surface area (Å²) >= 11 is 0. The Labute approximate surface area is 107 Å². The van der Waals surface area contributed by atoms with Gasteiger partial charge in [0.25, 0.3) is 0 Å². The highest BCUT2D eigenvalue weighted by molar-refractivity contribution is 7.80. The van der Waals surface area contributed by atoms with Crippen LogP contribution in [0.4, 0.5) is 4.79 Å². The number of aliphatic hydroxyl groups excluding tert-OH is 1. The van der Waals surface area contributed by atoms with E-state index in [0.717, 1.165) is 4.90 Å².